The van der Waals surface area contributed by atoms with E-state index in [2.05, 4.69) is 55.7 Å². The molecule has 0 spiro atoms. The van der Waals surface area contributed by atoms with Crippen LogP contribution in [0.4, 0.5) is 11.4 Å². The molecular formula is C19H23N3O2S. The summed E-state index contributed by atoms with van der Waals surface area (Å²) in [5.41, 5.74) is 3.13. The quantitative estimate of drug-likeness (QED) is 0.461. The van der Waals surface area contributed by atoms with Crippen LogP contribution in [-0.2, 0) is 5.41 Å². The van der Waals surface area contributed by atoms with Crippen LogP contribution in [0.15, 0.2) is 48.5 Å². The summed E-state index contributed by atoms with van der Waals surface area (Å²) >= 11 is 5.31. The molecule has 2 aromatic rings. The largest absolute Gasteiger partial charge is 0.356 e. The Kier molecular flexibility index (Phi) is 5.74. The summed E-state index contributed by atoms with van der Waals surface area (Å²) < 4.78 is 0. The number of thiocarbonyl (C=S) groups is 1. The molecule has 6 heteroatoms. The van der Waals surface area contributed by atoms with Crippen molar-refractivity contribution in [3.63, 3.8) is 0 Å². The van der Waals surface area contributed by atoms with Crippen molar-refractivity contribution in [2.24, 2.45) is 0 Å². The number of nitrogens with zero attached hydrogens (tertiary/aromatic N) is 1. The van der Waals surface area contributed by atoms with Gasteiger partial charge in [-0.25, -0.2) is 0 Å². The summed E-state index contributed by atoms with van der Waals surface area (Å²) in [6.07, 6.45) is 0. The third-order valence-corrected chi connectivity index (χ3v) is 4.16. The van der Waals surface area contributed by atoms with Crippen LogP contribution in [0.3, 0.4) is 0 Å². The minimum Gasteiger partial charge on any atom is -0.356 e. The van der Waals surface area contributed by atoms with Crippen molar-refractivity contribution in [2.75, 3.05) is 5.32 Å². The van der Waals surface area contributed by atoms with Crippen LogP contribution < -0.4 is 10.6 Å². The van der Waals surface area contributed by atoms with E-state index in [1.54, 1.807) is 12.1 Å². The molecular weight excluding hydrogens is 334 g/mol. The Balaban J connectivity index is 2.00. The van der Waals surface area contributed by atoms with E-state index in [9.17, 15) is 10.1 Å². The van der Waals surface area contributed by atoms with Crippen LogP contribution in [0.1, 0.15) is 44.9 Å². The number of nitro groups is 1. The number of hydrogen-bond acceptors (Lipinski definition) is 3. The van der Waals surface area contributed by atoms with E-state index in [1.807, 2.05) is 6.92 Å². The fourth-order valence-electron chi connectivity index (χ4n) is 2.42. The minimum absolute atomic E-state index is 0.0210. The van der Waals surface area contributed by atoms with Gasteiger partial charge in [-0.3, -0.25) is 10.1 Å². The molecule has 5 nitrogen and oxygen atoms in total. The first-order valence-corrected chi connectivity index (χ1v) is 8.50. The molecule has 25 heavy (non-hydrogen) atoms. The molecule has 0 aromatic heterocycles. The van der Waals surface area contributed by atoms with Crippen LogP contribution in [-0.4, -0.2) is 10.0 Å². The highest BCUT2D eigenvalue weighted by molar-refractivity contribution is 7.80. The average molecular weight is 357 g/mol. The van der Waals surface area contributed by atoms with Gasteiger partial charge < -0.3 is 10.6 Å². The van der Waals surface area contributed by atoms with Gasteiger partial charge in [0, 0.05) is 17.8 Å². The zero-order valence-corrected chi connectivity index (χ0v) is 15.7. The average Bonchev–Trinajstić information content (AvgIpc) is 2.54. The van der Waals surface area contributed by atoms with E-state index >= 15 is 0 Å². The Morgan fingerprint density at radius 3 is 2.36 bits per heavy atom. The molecule has 2 rings (SSSR count). The van der Waals surface area contributed by atoms with Crippen molar-refractivity contribution in [3.05, 3.63) is 69.8 Å². The van der Waals surface area contributed by atoms with Crippen LogP contribution >= 0.6 is 12.2 Å². The van der Waals surface area contributed by atoms with Crippen LogP contribution in [0.2, 0.25) is 0 Å². The molecule has 0 radical (unpaired) electrons. The second kappa shape index (κ2) is 7.61. The third kappa shape index (κ3) is 5.26. The number of hydrogen-bond donors (Lipinski definition) is 2. The normalized spacial score (nSPS) is 12.3. The highest BCUT2D eigenvalue weighted by atomic mass is 32.1. The predicted octanol–water partition coefficient (Wildman–Crippen LogP) is 4.94. The Morgan fingerprint density at radius 2 is 1.80 bits per heavy atom. The molecule has 0 unspecified atom stereocenters. The number of benzene rings is 2. The van der Waals surface area contributed by atoms with E-state index in [-0.39, 0.29) is 17.1 Å². The van der Waals surface area contributed by atoms with Gasteiger partial charge in [0.2, 0.25) is 0 Å². The summed E-state index contributed by atoms with van der Waals surface area (Å²) in [6.45, 7) is 8.57. The van der Waals surface area contributed by atoms with Gasteiger partial charge in [0.15, 0.2) is 5.11 Å². The molecule has 0 saturated carbocycles. The van der Waals surface area contributed by atoms with E-state index < -0.39 is 4.92 Å². The third-order valence-electron chi connectivity index (χ3n) is 3.94. The maximum absolute atomic E-state index is 10.8. The van der Waals surface area contributed by atoms with Crippen LogP contribution in [0, 0.1) is 10.1 Å². The Labute approximate surface area is 153 Å². The number of non-ortho nitro benzene ring substituents is 1. The molecule has 2 N–H and O–H groups in total. The fourth-order valence-corrected chi connectivity index (χ4v) is 2.71. The van der Waals surface area contributed by atoms with Crippen molar-refractivity contribution >= 4 is 28.7 Å². The van der Waals surface area contributed by atoms with Crippen molar-refractivity contribution in [2.45, 2.75) is 39.2 Å². The topological polar surface area (TPSA) is 67.2 Å². The number of nitro benzene ring substituents is 1. The first-order valence-electron chi connectivity index (χ1n) is 8.09. The van der Waals surface area contributed by atoms with Crippen molar-refractivity contribution < 1.29 is 4.92 Å². The SMILES string of the molecule is C[C@H](NC(=S)Nc1cccc([N+](=O)[O-])c1)c1ccc(C(C)(C)C)cc1. The smallest absolute Gasteiger partial charge is 0.271 e. The van der Waals surface area contributed by atoms with Crippen molar-refractivity contribution in [1.82, 2.24) is 5.32 Å². The van der Waals surface area contributed by atoms with Gasteiger partial charge in [-0.2, -0.15) is 0 Å². The lowest BCUT2D eigenvalue weighted by atomic mass is 9.86. The summed E-state index contributed by atoms with van der Waals surface area (Å²) in [5, 5.41) is 17.4. The van der Waals surface area contributed by atoms with Crippen LogP contribution in [0.5, 0.6) is 0 Å². The van der Waals surface area contributed by atoms with Gasteiger partial charge >= 0.3 is 0 Å². The molecule has 0 amide bonds. The summed E-state index contributed by atoms with van der Waals surface area (Å²) in [4.78, 5) is 10.4. The first-order chi connectivity index (χ1) is 11.7. The maximum Gasteiger partial charge on any atom is 0.271 e. The standard InChI is InChI=1S/C19H23N3O2S/c1-13(14-8-10-15(11-9-14)19(2,3)4)20-18(25)21-16-6-5-7-17(12-16)22(23)24/h5-13H,1-4H3,(H2,20,21,25)/t13-/m0/s1. The van der Waals surface area contributed by atoms with Crippen LogP contribution in [0.25, 0.3) is 0 Å². The first kappa shape index (κ1) is 18.9. The fraction of sp³-hybridized carbons (Fsp3) is 0.316. The van der Waals surface area contributed by atoms with E-state index in [0.29, 0.717) is 10.8 Å². The molecule has 0 fully saturated rings. The second-order valence-electron chi connectivity index (χ2n) is 7.00. The number of rotatable bonds is 4. The second-order valence-corrected chi connectivity index (χ2v) is 7.41. The molecule has 2 aromatic carbocycles. The van der Waals surface area contributed by atoms with Gasteiger partial charge in [-0.15, -0.1) is 0 Å². The lowest BCUT2D eigenvalue weighted by Gasteiger charge is -2.21. The predicted molar refractivity (Wildman–Crippen MR) is 106 cm³/mol. The molecule has 0 saturated heterocycles. The van der Waals surface area contributed by atoms with Crippen molar-refractivity contribution in [3.8, 4) is 0 Å². The number of anilines is 1. The Bertz CT molecular complexity index is 767. The molecule has 0 aliphatic carbocycles. The van der Waals surface area contributed by atoms with E-state index in [0.717, 1.165) is 5.56 Å². The molecule has 0 aliphatic rings. The lowest BCUT2D eigenvalue weighted by molar-refractivity contribution is -0.384. The lowest BCUT2D eigenvalue weighted by Crippen LogP contribution is -2.30. The molecule has 0 aliphatic heterocycles. The van der Waals surface area contributed by atoms with Crippen molar-refractivity contribution in [1.29, 1.82) is 0 Å². The summed E-state index contributed by atoms with van der Waals surface area (Å²) in [5.74, 6) is 0. The highest BCUT2D eigenvalue weighted by Crippen LogP contribution is 2.24. The van der Waals surface area contributed by atoms with Gasteiger partial charge in [0.25, 0.3) is 5.69 Å². The molecule has 0 bridgehead atoms. The zero-order chi connectivity index (χ0) is 18.6. The summed E-state index contributed by atoms with van der Waals surface area (Å²) in [6, 6.07) is 14.7. The van der Waals surface area contributed by atoms with Gasteiger partial charge in [0.1, 0.15) is 0 Å². The number of nitrogens with one attached hydrogen (secondary N) is 2. The van der Waals surface area contributed by atoms with E-state index in [4.69, 9.17) is 12.2 Å². The van der Waals surface area contributed by atoms with E-state index in [1.165, 1.54) is 17.7 Å². The molecule has 1 atom stereocenters. The van der Waals surface area contributed by atoms with Gasteiger partial charge in [-0.05, 0) is 41.7 Å². The highest BCUT2D eigenvalue weighted by Gasteiger charge is 2.14. The Hall–Kier alpha value is -2.47. The minimum atomic E-state index is -0.430. The Morgan fingerprint density at radius 1 is 1.16 bits per heavy atom. The van der Waals surface area contributed by atoms with Gasteiger partial charge in [0.05, 0.1) is 11.0 Å². The monoisotopic (exact) mass is 357 g/mol. The zero-order valence-electron chi connectivity index (χ0n) is 14.9. The molecule has 0 heterocycles. The maximum atomic E-state index is 10.8. The van der Waals surface area contributed by atoms with Gasteiger partial charge in [-0.1, -0.05) is 51.1 Å². The summed E-state index contributed by atoms with van der Waals surface area (Å²) in [7, 11) is 0. The molecule has 132 valence electrons.